The number of methoxy groups -OCH3 is 1. The van der Waals surface area contributed by atoms with Gasteiger partial charge in [0.1, 0.15) is 11.5 Å². The summed E-state index contributed by atoms with van der Waals surface area (Å²) in [6, 6.07) is 0. The average Bonchev–Trinajstić information content (AvgIpc) is 2.84. The summed E-state index contributed by atoms with van der Waals surface area (Å²) in [5.41, 5.74) is 1.16. The van der Waals surface area contributed by atoms with E-state index in [0.717, 1.165) is 5.56 Å². The Balaban J connectivity index is 2.31. The molecule has 78 valence electrons. The summed E-state index contributed by atoms with van der Waals surface area (Å²) in [5, 5.41) is 4.01. The second kappa shape index (κ2) is 3.56. The van der Waals surface area contributed by atoms with E-state index < -0.39 is 5.97 Å². The normalized spacial score (nSPS) is 10.3. The van der Waals surface area contributed by atoms with Crippen LogP contribution in [0, 0.1) is 0 Å². The third-order valence-electron chi connectivity index (χ3n) is 1.96. The highest BCUT2D eigenvalue weighted by Crippen LogP contribution is 2.14. The van der Waals surface area contributed by atoms with Crippen molar-refractivity contribution in [2.45, 2.75) is 0 Å². The Bertz CT molecular complexity index is 486. The molecule has 0 spiro atoms. The molecule has 0 aliphatic rings. The number of aryl methyl sites for hydroxylation is 1. The number of ether oxygens (including phenoxy) is 1. The van der Waals surface area contributed by atoms with Gasteiger partial charge in [-0.15, -0.1) is 0 Å². The number of nitrogens with zero attached hydrogens (tertiary/aromatic N) is 3. The van der Waals surface area contributed by atoms with Crippen molar-refractivity contribution < 1.29 is 9.53 Å². The highest BCUT2D eigenvalue weighted by Gasteiger charge is 2.11. The summed E-state index contributed by atoms with van der Waals surface area (Å²) in [4.78, 5) is 18.1. The first-order valence-corrected chi connectivity index (χ1v) is 4.33. The van der Waals surface area contributed by atoms with Gasteiger partial charge in [0.05, 0.1) is 25.1 Å². The molecule has 0 aliphatic heterocycles. The molecule has 0 unspecified atom stereocenters. The molecule has 0 saturated carbocycles. The van der Waals surface area contributed by atoms with E-state index in [1.807, 2.05) is 7.05 Å². The highest BCUT2D eigenvalue weighted by molar-refractivity contribution is 5.87. The van der Waals surface area contributed by atoms with Crippen LogP contribution in [-0.4, -0.2) is 32.8 Å². The number of H-pyrrole nitrogens is 1. The molecule has 0 aliphatic carbocycles. The highest BCUT2D eigenvalue weighted by atomic mass is 16.5. The number of imidazole rings is 1. The largest absolute Gasteiger partial charge is 0.464 e. The van der Waals surface area contributed by atoms with E-state index in [0.29, 0.717) is 11.5 Å². The van der Waals surface area contributed by atoms with Gasteiger partial charge in [-0.1, -0.05) is 0 Å². The number of rotatable bonds is 2. The molecule has 0 radical (unpaired) electrons. The van der Waals surface area contributed by atoms with Crippen LogP contribution in [0.1, 0.15) is 10.5 Å². The number of aromatic nitrogens is 4. The lowest BCUT2D eigenvalue weighted by Gasteiger charge is -1.92. The zero-order valence-corrected chi connectivity index (χ0v) is 8.39. The van der Waals surface area contributed by atoms with Crippen LogP contribution in [0.25, 0.3) is 11.4 Å². The first-order chi connectivity index (χ1) is 7.20. The van der Waals surface area contributed by atoms with Gasteiger partial charge in [0.15, 0.2) is 0 Å². The van der Waals surface area contributed by atoms with Crippen LogP contribution in [0.15, 0.2) is 18.6 Å². The quantitative estimate of drug-likeness (QED) is 0.730. The van der Waals surface area contributed by atoms with E-state index in [4.69, 9.17) is 0 Å². The van der Waals surface area contributed by atoms with Crippen molar-refractivity contribution in [1.29, 1.82) is 0 Å². The lowest BCUT2D eigenvalue weighted by atomic mass is 10.3. The molecule has 2 aromatic rings. The van der Waals surface area contributed by atoms with Gasteiger partial charge in [0.25, 0.3) is 0 Å². The first-order valence-electron chi connectivity index (χ1n) is 4.33. The van der Waals surface area contributed by atoms with Crippen LogP contribution < -0.4 is 0 Å². The predicted molar refractivity (Wildman–Crippen MR) is 52.1 cm³/mol. The Kier molecular flexibility index (Phi) is 2.24. The maximum absolute atomic E-state index is 11.1. The molecule has 6 nitrogen and oxygen atoms in total. The molecule has 0 saturated heterocycles. The van der Waals surface area contributed by atoms with Gasteiger partial charge in [-0.05, 0) is 0 Å². The minimum atomic E-state index is -0.433. The zero-order chi connectivity index (χ0) is 10.8. The minimum Gasteiger partial charge on any atom is -0.464 e. The van der Waals surface area contributed by atoms with Crippen molar-refractivity contribution in [3.8, 4) is 11.4 Å². The summed E-state index contributed by atoms with van der Waals surface area (Å²) >= 11 is 0. The van der Waals surface area contributed by atoms with E-state index in [-0.39, 0.29) is 0 Å². The molecular formula is C9H10N4O2. The molecule has 0 bridgehead atoms. The van der Waals surface area contributed by atoms with Crippen LogP contribution in [0.2, 0.25) is 0 Å². The molecule has 0 atom stereocenters. The van der Waals surface area contributed by atoms with Crippen molar-refractivity contribution in [3.63, 3.8) is 0 Å². The van der Waals surface area contributed by atoms with Crippen molar-refractivity contribution in [1.82, 2.24) is 19.7 Å². The number of carbonyl (C=O) groups excluding carboxylic acids is 1. The minimum absolute atomic E-state index is 0.330. The second-order valence-electron chi connectivity index (χ2n) is 3.04. The number of hydrogen-bond donors (Lipinski definition) is 1. The molecule has 0 amide bonds. The van der Waals surface area contributed by atoms with E-state index in [9.17, 15) is 4.79 Å². The molecule has 0 aromatic carbocycles. The van der Waals surface area contributed by atoms with Gasteiger partial charge < -0.3 is 9.72 Å². The van der Waals surface area contributed by atoms with Gasteiger partial charge in [0, 0.05) is 13.2 Å². The van der Waals surface area contributed by atoms with Crippen LogP contribution in [0.4, 0.5) is 0 Å². The Labute approximate surface area is 85.9 Å². The maximum Gasteiger partial charge on any atom is 0.356 e. The number of hydrogen-bond acceptors (Lipinski definition) is 4. The van der Waals surface area contributed by atoms with E-state index in [2.05, 4.69) is 19.8 Å². The van der Waals surface area contributed by atoms with Crippen molar-refractivity contribution in [2.75, 3.05) is 7.11 Å². The van der Waals surface area contributed by atoms with Crippen molar-refractivity contribution >= 4 is 5.97 Å². The zero-order valence-electron chi connectivity index (χ0n) is 8.39. The van der Waals surface area contributed by atoms with Gasteiger partial charge >= 0.3 is 5.97 Å². The second-order valence-corrected chi connectivity index (χ2v) is 3.04. The van der Waals surface area contributed by atoms with Crippen LogP contribution in [-0.2, 0) is 11.8 Å². The van der Waals surface area contributed by atoms with Crippen molar-refractivity contribution in [2.24, 2.45) is 7.05 Å². The summed E-state index contributed by atoms with van der Waals surface area (Å²) in [6.45, 7) is 0. The Morgan fingerprint density at radius 1 is 1.53 bits per heavy atom. The standard InChI is InChI=1S/C9H10N4O2/c1-13-5-6(3-11-13)8-10-4-7(12-8)9(14)15-2/h3-5H,1-2H3,(H,10,12). The molecule has 6 heteroatoms. The molecular weight excluding hydrogens is 196 g/mol. The lowest BCUT2D eigenvalue weighted by Crippen LogP contribution is -2.00. The number of aromatic amines is 1. The summed E-state index contributed by atoms with van der Waals surface area (Å²) in [6.07, 6.45) is 4.91. The third-order valence-corrected chi connectivity index (χ3v) is 1.96. The Hall–Kier alpha value is -2.11. The van der Waals surface area contributed by atoms with E-state index in [1.165, 1.54) is 13.3 Å². The maximum atomic E-state index is 11.1. The topological polar surface area (TPSA) is 72.8 Å². The van der Waals surface area contributed by atoms with Crippen LogP contribution in [0.3, 0.4) is 0 Å². The number of nitrogens with one attached hydrogen (secondary N) is 1. The van der Waals surface area contributed by atoms with Crippen molar-refractivity contribution in [3.05, 3.63) is 24.3 Å². The fourth-order valence-corrected chi connectivity index (χ4v) is 1.23. The molecule has 2 heterocycles. The summed E-state index contributed by atoms with van der Waals surface area (Å²) in [5.74, 6) is 0.168. The molecule has 0 fully saturated rings. The lowest BCUT2D eigenvalue weighted by molar-refractivity contribution is 0.0595. The fourth-order valence-electron chi connectivity index (χ4n) is 1.23. The molecule has 2 rings (SSSR count). The monoisotopic (exact) mass is 206 g/mol. The van der Waals surface area contributed by atoms with Gasteiger partial charge in [-0.25, -0.2) is 9.78 Å². The third kappa shape index (κ3) is 1.74. The first kappa shape index (κ1) is 9.45. The smallest absolute Gasteiger partial charge is 0.356 e. The average molecular weight is 206 g/mol. The molecule has 2 aromatic heterocycles. The van der Waals surface area contributed by atoms with Crippen LogP contribution in [0.5, 0.6) is 0 Å². The Morgan fingerprint density at radius 3 is 2.93 bits per heavy atom. The van der Waals surface area contributed by atoms with Gasteiger partial charge in [0.2, 0.25) is 0 Å². The van der Waals surface area contributed by atoms with Crippen LogP contribution >= 0.6 is 0 Å². The summed E-state index contributed by atoms with van der Waals surface area (Å²) < 4.78 is 6.22. The number of esters is 1. The number of carbonyl (C=O) groups is 1. The van der Waals surface area contributed by atoms with Gasteiger partial charge in [-0.2, -0.15) is 5.10 Å². The van der Waals surface area contributed by atoms with E-state index >= 15 is 0 Å². The van der Waals surface area contributed by atoms with Gasteiger partial charge in [-0.3, -0.25) is 4.68 Å². The Morgan fingerprint density at radius 2 is 2.33 bits per heavy atom. The molecule has 15 heavy (non-hydrogen) atoms. The summed E-state index contributed by atoms with van der Waals surface area (Å²) in [7, 11) is 3.14. The predicted octanol–water partition coefficient (Wildman–Crippen LogP) is 0.597. The SMILES string of the molecule is COC(=O)c1cnc(-c2cnn(C)c2)[nH]1. The van der Waals surface area contributed by atoms with E-state index in [1.54, 1.807) is 17.1 Å². The molecule has 1 N–H and O–H groups in total. The fraction of sp³-hybridized carbons (Fsp3) is 0.222.